The largest absolute Gasteiger partial charge is 0.435 e. The lowest BCUT2D eigenvalue weighted by molar-refractivity contribution is 0.412. The molecule has 1 aliphatic carbocycles. The highest BCUT2D eigenvalue weighted by molar-refractivity contribution is 7.87. The molecule has 2 aromatic rings. The SMILES string of the molecule is CCCS(=O)(=O)Oc1cc(Cl)nnc1Oc1cccc2c1CCC2. The average molecular weight is 369 g/mol. The van der Waals surface area contributed by atoms with E-state index in [1.54, 1.807) is 6.92 Å². The molecule has 0 radical (unpaired) electrons. The van der Waals surface area contributed by atoms with Gasteiger partial charge < -0.3 is 8.92 Å². The number of aromatic nitrogens is 2. The van der Waals surface area contributed by atoms with Crippen LogP contribution in [0.25, 0.3) is 0 Å². The molecule has 0 saturated heterocycles. The van der Waals surface area contributed by atoms with Crippen molar-refractivity contribution in [2.45, 2.75) is 32.6 Å². The van der Waals surface area contributed by atoms with Gasteiger partial charge in [0.1, 0.15) is 5.75 Å². The van der Waals surface area contributed by atoms with Gasteiger partial charge in [0.05, 0.1) is 5.75 Å². The van der Waals surface area contributed by atoms with E-state index >= 15 is 0 Å². The predicted molar refractivity (Wildman–Crippen MR) is 90.3 cm³/mol. The van der Waals surface area contributed by atoms with E-state index in [2.05, 4.69) is 16.3 Å². The minimum Gasteiger partial charge on any atom is -0.435 e. The molecule has 6 nitrogen and oxygen atoms in total. The number of aryl methyl sites for hydroxylation is 1. The van der Waals surface area contributed by atoms with Gasteiger partial charge in [-0.15, -0.1) is 10.2 Å². The molecule has 8 heteroatoms. The minimum absolute atomic E-state index is 0.0145. The Morgan fingerprint density at radius 3 is 2.83 bits per heavy atom. The number of hydrogen-bond donors (Lipinski definition) is 0. The van der Waals surface area contributed by atoms with Gasteiger partial charge in [0.15, 0.2) is 5.15 Å². The van der Waals surface area contributed by atoms with Gasteiger partial charge in [0.2, 0.25) is 5.75 Å². The van der Waals surface area contributed by atoms with Gasteiger partial charge in [-0.3, -0.25) is 0 Å². The first kappa shape index (κ1) is 17.0. The summed E-state index contributed by atoms with van der Waals surface area (Å²) in [7, 11) is -3.73. The number of benzene rings is 1. The minimum atomic E-state index is -3.73. The molecule has 0 bridgehead atoms. The summed E-state index contributed by atoms with van der Waals surface area (Å²) in [6.45, 7) is 1.75. The lowest BCUT2D eigenvalue weighted by Gasteiger charge is -2.13. The zero-order valence-corrected chi connectivity index (χ0v) is 14.7. The molecule has 1 aromatic carbocycles. The van der Waals surface area contributed by atoms with Crippen LogP contribution in [0.4, 0.5) is 0 Å². The van der Waals surface area contributed by atoms with Crippen molar-refractivity contribution in [1.29, 1.82) is 0 Å². The second-order valence-electron chi connectivity index (χ2n) is 5.53. The Labute approximate surface area is 145 Å². The van der Waals surface area contributed by atoms with Crippen LogP contribution in [0.2, 0.25) is 5.15 Å². The van der Waals surface area contributed by atoms with E-state index in [0.717, 1.165) is 24.8 Å². The van der Waals surface area contributed by atoms with Crippen molar-refractivity contribution >= 4 is 21.7 Å². The molecule has 0 saturated carbocycles. The van der Waals surface area contributed by atoms with Gasteiger partial charge in [-0.1, -0.05) is 30.7 Å². The summed E-state index contributed by atoms with van der Waals surface area (Å²) >= 11 is 5.82. The highest BCUT2D eigenvalue weighted by Crippen LogP contribution is 2.36. The first-order chi connectivity index (χ1) is 11.5. The highest BCUT2D eigenvalue weighted by atomic mass is 35.5. The summed E-state index contributed by atoms with van der Waals surface area (Å²) in [5.74, 6) is 0.463. The van der Waals surface area contributed by atoms with Crippen LogP contribution in [-0.2, 0) is 23.0 Å². The molecule has 0 fully saturated rings. The molecule has 3 rings (SSSR count). The molecule has 0 amide bonds. The molecule has 0 N–H and O–H groups in total. The maximum Gasteiger partial charge on any atom is 0.309 e. The fourth-order valence-electron chi connectivity index (χ4n) is 2.68. The lowest BCUT2D eigenvalue weighted by Crippen LogP contribution is -2.14. The van der Waals surface area contributed by atoms with Gasteiger partial charge in [-0.2, -0.15) is 8.42 Å². The first-order valence-electron chi connectivity index (χ1n) is 7.72. The zero-order chi connectivity index (χ0) is 17.2. The summed E-state index contributed by atoms with van der Waals surface area (Å²) in [5, 5.41) is 7.60. The third-order valence-electron chi connectivity index (χ3n) is 3.68. The maximum atomic E-state index is 11.9. The third kappa shape index (κ3) is 3.79. The van der Waals surface area contributed by atoms with Crippen molar-refractivity contribution in [3.63, 3.8) is 0 Å². The highest BCUT2D eigenvalue weighted by Gasteiger charge is 2.21. The second kappa shape index (κ2) is 6.94. The summed E-state index contributed by atoms with van der Waals surface area (Å²) in [6.07, 6.45) is 3.43. The van der Waals surface area contributed by atoms with Crippen molar-refractivity contribution in [2.75, 3.05) is 5.75 Å². The molecular formula is C16H17ClN2O4S. The van der Waals surface area contributed by atoms with E-state index in [-0.39, 0.29) is 22.5 Å². The average Bonchev–Trinajstić information content (AvgIpc) is 2.99. The molecule has 0 unspecified atom stereocenters. The predicted octanol–water partition coefficient (Wildman–Crippen LogP) is 3.53. The molecule has 24 heavy (non-hydrogen) atoms. The van der Waals surface area contributed by atoms with Crippen molar-refractivity contribution in [3.8, 4) is 17.4 Å². The van der Waals surface area contributed by atoms with Gasteiger partial charge in [0.25, 0.3) is 5.88 Å². The van der Waals surface area contributed by atoms with Crippen LogP contribution in [0.1, 0.15) is 30.9 Å². The van der Waals surface area contributed by atoms with E-state index in [1.165, 1.54) is 11.6 Å². The van der Waals surface area contributed by atoms with Crippen LogP contribution in [0.3, 0.4) is 0 Å². The topological polar surface area (TPSA) is 78.4 Å². The van der Waals surface area contributed by atoms with E-state index in [9.17, 15) is 8.42 Å². The van der Waals surface area contributed by atoms with Gasteiger partial charge >= 0.3 is 10.1 Å². The number of hydrogen-bond acceptors (Lipinski definition) is 6. The quantitative estimate of drug-likeness (QED) is 0.726. The molecule has 0 aliphatic heterocycles. The number of halogens is 1. The number of ether oxygens (including phenoxy) is 1. The van der Waals surface area contributed by atoms with Crippen LogP contribution in [-0.4, -0.2) is 24.4 Å². The Morgan fingerprint density at radius 1 is 1.21 bits per heavy atom. The third-order valence-corrected chi connectivity index (χ3v) is 5.20. The fraction of sp³-hybridized carbons (Fsp3) is 0.375. The van der Waals surface area contributed by atoms with E-state index < -0.39 is 10.1 Å². The Kier molecular flexibility index (Phi) is 4.91. The maximum absolute atomic E-state index is 11.9. The molecule has 1 aromatic heterocycles. The summed E-state index contributed by atoms with van der Waals surface area (Å²) in [4.78, 5) is 0. The van der Waals surface area contributed by atoms with Crippen LogP contribution >= 0.6 is 11.6 Å². The van der Waals surface area contributed by atoms with Crippen molar-refractivity contribution in [1.82, 2.24) is 10.2 Å². The standard InChI is InChI=1S/C16H17ClN2O4S/c1-2-9-24(20,21)23-14-10-15(17)18-19-16(14)22-13-8-4-6-11-5-3-7-12(11)13/h4,6,8,10H,2-3,5,7,9H2,1H3. The Hall–Kier alpha value is -1.86. The summed E-state index contributed by atoms with van der Waals surface area (Å²) in [6, 6.07) is 7.08. The molecule has 1 heterocycles. The van der Waals surface area contributed by atoms with Crippen LogP contribution < -0.4 is 8.92 Å². The Morgan fingerprint density at radius 2 is 2.04 bits per heavy atom. The van der Waals surface area contributed by atoms with Gasteiger partial charge in [0, 0.05) is 6.07 Å². The zero-order valence-electron chi connectivity index (χ0n) is 13.2. The van der Waals surface area contributed by atoms with Crippen LogP contribution in [0, 0.1) is 0 Å². The molecule has 0 spiro atoms. The number of rotatable bonds is 6. The molecular weight excluding hydrogens is 352 g/mol. The second-order valence-corrected chi connectivity index (χ2v) is 7.61. The Bertz CT molecular complexity index is 855. The lowest BCUT2D eigenvalue weighted by atomic mass is 10.1. The Balaban J connectivity index is 1.93. The summed E-state index contributed by atoms with van der Waals surface area (Å²) in [5.41, 5.74) is 2.34. The van der Waals surface area contributed by atoms with Crippen molar-refractivity contribution in [3.05, 3.63) is 40.5 Å². The molecule has 0 atom stereocenters. The van der Waals surface area contributed by atoms with E-state index in [4.69, 9.17) is 20.5 Å². The summed E-state index contributed by atoms with van der Waals surface area (Å²) < 4.78 is 34.8. The van der Waals surface area contributed by atoms with Crippen LogP contribution in [0.5, 0.6) is 17.4 Å². The molecule has 128 valence electrons. The smallest absolute Gasteiger partial charge is 0.309 e. The van der Waals surface area contributed by atoms with Crippen LogP contribution in [0.15, 0.2) is 24.3 Å². The first-order valence-corrected chi connectivity index (χ1v) is 9.68. The van der Waals surface area contributed by atoms with Gasteiger partial charge in [-0.05, 0) is 42.9 Å². The van der Waals surface area contributed by atoms with Crippen molar-refractivity contribution < 1.29 is 17.3 Å². The normalized spacial score (nSPS) is 13.6. The van der Waals surface area contributed by atoms with E-state index in [1.807, 2.05) is 12.1 Å². The molecule has 1 aliphatic rings. The fourth-order valence-corrected chi connectivity index (χ4v) is 3.80. The van der Waals surface area contributed by atoms with Gasteiger partial charge in [-0.25, -0.2) is 0 Å². The van der Waals surface area contributed by atoms with Crippen molar-refractivity contribution in [2.24, 2.45) is 0 Å². The number of nitrogens with zero attached hydrogens (tertiary/aromatic N) is 2. The van der Waals surface area contributed by atoms with E-state index in [0.29, 0.717) is 12.2 Å². The monoisotopic (exact) mass is 368 g/mol. The number of fused-ring (bicyclic) bond motifs is 1.